The molecular formula is C23H29N3O7S. The number of carbonyl (C=O) groups is 1. The zero-order valence-electron chi connectivity index (χ0n) is 19.4. The van der Waals surface area contributed by atoms with Crippen LogP contribution in [-0.2, 0) is 21.2 Å². The molecule has 0 radical (unpaired) electrons. The molecule has 1 atom stereocenters. The first-order valence-electron chi connectivity index (χ1n) is 10.6. The van der Waals surface area contributed by atoms with E-state index in [1.807, 2.05) is 6.07 Å². The Morgan fingerprint density at radius 3 is 2.47 bits per heavy atom. The number of nitro groups is 1. The van der Waals surface area contributed by atoms with E-state index in [4.69, 9.17) is 9.47 Å². The van der Waals surface area contributed by atoms with Gasteiger partial charge >= 0.3 is 0 Å². The normalized spacial score (nSPS) is 12.1. The second-order valence-electron chi connectivity index (χ2n) is 7.24. The largest absolute Gasteiger partial charge is 0.493 e. The molecule has 11 heteroatoms. The third-order valence-corrected chi connectivity index (χ3v) is 7.08. The van der Waals surface area contributed by atoms with E-state index < -0.39 is 37.5 Å². The molecule has 0 unspecified atom stereocenters. The Hall–Kier alpha value is -3.44. The molecule has 0 spiro atoms. The van der Waals surface area contributed by atoms with Gasteiger partial charge in [-0.1, -0.05) is 31.2 Å². The highest BCUT2D eigenvalue weighted by molar-refractivity contribution is 7.89. The monoisotopic (exact) mass is 491 g/mol. The van der Waals surface area contributed by atoms with Crippen molar-refractivity contribution in [1.29, 1.82) is 0 Å². The van der Waals surface area contributed by atoms with E-state index in [0.29, 0.717) is 17.9 Å². The lowest BCUT2D eigenvalue weighted by molar-refractivity contribution is -0.387. The summed E-state index contributed by atoms with van der Waals surface area (Å²) in [5, 5.41) is 14.2. The third kappa shape index (κ3) is 6.12. The van der Waals surface area contributed by atoms with Crippen LogP contribution in [0.4, 0.5) is 5.69 Å². The summed E-state index contributed by atoms with van der Waals surface area (Å²) in [4.78, 5) is 23.1. The highest BCUT2D eigenvalue weighted by atomic mass is 32.2. The van der Waals surface area contributed by atoms with Gasteiger partial charge in [0, 0.05) is 19.2 Å². The first-order valence-corrected chi connectivity index (χ1v) is 12.0. The van der Waals surface area contributed by atoms with E-state index in [2.05, 4.69) is 11.9 Å². The molecule has 10 nitrogen and oxygen atoms in total. The van der Waals surface area contributed by atoms with Crippen molar-refractivity contribution in [3.05, 3.63) is 70.8 Å². The van der Waals surface area contributed by atoms with Crippen molar-refractivity contribution in [2.24, 2.45) is 0 Å². The fourth-order valence-electron chi connectivity index (χ4n) is 3.48. The number of ether oxygens (including phenoxy) is 2. The average Bonchev–Trinajstić information content (AvgIpc) is 2.83. The first-order chi connectivity index (χ1) is 16.2. The summed E-state index contributed by atoms with van der Waals surface area (Å²) in [6.07, 6.45) is 1.97. The van der Waals surface area contributed by atoms with Crippen molar-refractivity contribution < 1.29 is 27.6 Å². The number of benzene rings is 2. The number of sulfonamides is 1. The van der Waals surface area contributed by atoms with Gasteiger partial charge in [-0.15, -0.1) is 6.58 Å². The molecule has 184 valence electrons. The van der Waals surface area contributed by atoms with Crippen molar-refractivity contribution in [2.45, 2.75) is 30.7 Å². The number of hydrogen-bond donors (Lipinski definition) is 1. The van der Waals surface area contributed by atoms with Crippen LogP contribution in [0, 0.1) is 10.1 Å². The topological polar surface area (TPSA) is 128 Å². The van der Waals surface area contributed by atoms with E-state index in [1.54, 1.807) is 19.1 Å². The van der Waals surface area contributed by atoms with Gasteiger partial charge in [-0.25, -0.2) is 8.42 Å². The molecule has 0 aliphatic heterocycles. The van der Waals surface area contributed by atoms with Crippen LogP contribution in [0.3, 0.4) is 0 Å². The van der Waals surface area contributed by atoms with Crippen LogP contribution >= 0.6 is 0 Å². The minimum Gasteiger partial charge on any atom is -0.493 e. The maximum Gasteiger partial charge on any atom is 0.289 e. The Kier molecular flexibility index (Phi) is 9.58. The third-order valence-electron chi connectivity index (χ3n) is 5.16. The molecule has 0 aliphatic rings. The summed E-state index contributed by atoms with van der Waals surface area (Å²) in [5.41, 5.74) is 0.335. The van der Waals surface area contributed by atoms with Crippen molar-refractivity contribution in [3.8, 4) is 11.5 Å². The molecule has 0 bridgehead atoms. The molecule has 2 rings (SSSR count). The van der Waals surface area contributed by atoms with Gasteiger partial charge in [0.25, 0.3) is 15.7 Å². The van der Waals surface area contributed by atoms with Gasteiger partial charge in [0.1, 0.15) is 6.04 Å². The fourth-order valence-corrected chi connectivity index (χ4v) is 5.27. The smallest absolute Gasteiger partial charge is 0.289 e. The number of methoxy groups -OCH3 is 2. The molecule has 34 heavy (non-hydrogen) atoms. The number of nitrogens with zero attached hydrogens (tertiary/aromatic N) is 2. The first kappa shape index (κ1) is 26.8. The van der Waals surface area contributed by atoms with Gasteiger partial charge in [0.05, 0.1) is 19.1 Å². The fraction of sp³-hybridized carbons (Fsp3) is 0.348. The molecule has 2 aromatic rings. The van der Waals surface area contributed by atoms with Gasteiger partial charge < -0.3 is 14.8 Å². The second-order valence-corrected chi connectivity index (χ2v) is 9.10. The highest BCUT2D eigenvalue weighted by Gasteiger charge is 2.37. The number of rotatable bonds is 13. The molecule has 2 aromatic carbocycles. The SMILES string of the molecule is C=CCN([C@H](CC)C(=O)NCCc1ccc(OC)c(OC)c1)S(=O)(=O)c1ccccc1[N+](=O)[O-]. The predicted octanol–water partition coefficient (Wildman–Crippen LogP) is 2.93. The van der Waals surface area contributed by atoms with Crippen LogP contribution in [0.5, 0.6) is 11.5 Å². The van der Waals surface area contributed by atoms with Crippen LogP contribution in [-0.4, -0.2) is 56.9 Å². The van der Waals surface area contributed by atoms with Gasteiger partial charge in [0.15, 0.2) is 16.4 Å². The van der Waals surface area contributed by atoms with Crippen molar-refractivity contribution in [3.63, 3.8) is 0 Å². The molecule has 1 amide bonds. The lowest BCUT2D eigenvalue weighted by Crippen LogP contribution is -2.49. The minimum atomic E-state index is -4.36. The summed E-state index contributed by atoms with van der Waals surface area (Å²) in [5.74, 6) is 0.638. The van der Waals surface area contributed by atoms with Crippen LogP contribution in [0.15, 0.2) is 60.0 Å². The molecule has 0 saturated heterocycles. The predicted molar refractivity (Wildman–Crippen MR) is 128 cm³/mol. The molecule has 0 fully saturated rings. The number of carbonyl (C=O) groups excluding carboxylic acids is 1. The lowest BCUT2D eigenvalue weighted by Gasteiger charge is -2.28. The van der Waals surface area contributed by atoms with Crippen LogP contribution in [0.2, 0.25) is 0 Å². The number of para-hydroxylation sites is 1. The Balaban J connectivity index is 2.22. The van der Waals surface area contributed by atoms with E-state index in [0.717, 1.165) is 22.0 Å². The molecule has 0 aromatic heterocycles. The van der Waals surface area contributed by atoms with E-state index >= 15 is 0 Å². The minimum absolute atomic E-state index is 0.163. The molecule has 0 heterocycles. The average molecular weight is 492 g/mol. The van der Waals surface area contributed by atoms with E-state index in [1.165, 1.54) is 32.4 Å². The Morgan fingerprint density at radius 2 is 1.88 bits per heavy atom. The van der Waals surface area contributed by atoms with Gasteiger partial charge in [0.2, 0.25) is 5.91 Å². The Bertz CT molecular complexity index is 1140. The van der Waals surface area contributed by atoms with Gasteiger partial charge in [-0.05, 0) is 36.6 Å². The summed E-state index contributed by atoms with van der Waals surface area (Å²) in [7, 11) is -1.29. The van der Waals surface area contributed by atoms with Crippen LogP contribution in [0.25, 0.3) is 0 Å². The van der Waals surface area contributed by atoms with Crippen LogP contribution < -0.4 is 14.8 Å². The molecular weight excluding hydrogens is 462 g/mol. The van der Waals surface area contributed by atoms with Crippen molar-refractivity contribution in [1.82, 2.24) is 9.62 Å². The lowest BCUT2D eigenvalue weighted by atomic mass is 10.1. The van der Waals surface area contributed by atoms with Gasteiger partial charge in [-0.3, -0.25) is 14.9 Å². The van der Waals surface area contributed by atoms with Crippen molar-refractivity contribution >= 4 is 21.6 Å². The Labute approximate surface area is 199 Å². The highest BCUT2D eigenvalue weighted by Crippen LogP contribution is 2.29. The molecule has 0 saturated carbocycles. The summed E-state index contributed by atoms with van der Waals surface area (Å²) in [6.45, 7) is 5.31. The maximum absolute atomic E-state index is 13.3. The van der Waals surface area contributed by atoms with E-state index in [9.17, 15) is 23.3 Å². The zero-order chi connectivity index (χ0) is 25.3. The number of amides is 1. The molecule has 0 aliphatic carbocycles. The van der Waals surface area contributed by atoms with E-state index in [-0.39, 0.29) is 19.5 Å². The summed E-state index contributed by atoms with van der Waals surface area (Å²) < 4.78 is 38.1. The zero-order valence-corrected chi connectivity index (χ0v) is 20.2. The maximum atomic E-state index is 13.3. The quantitative estimate of drug-likeness (QED) is 0.259. The van der Waals surface area contributed by atoms with Gasteiger partial charge in [-0.2, -0.15) is 4.31 Å². The summed E-state index contributed by atoms with van der Waals surface area (Å²) >= 11 is 0. The Morgan fingerprint density at radius 1 is 1.21 bits per heavy atom. The van der Waals surface area contributed by atoms with Crippen molar-refractivity contribution in [2.75, 3.05) is 27.3 Å². The number of nitrogens with one attached hydrogen (secondary N) is 1. The molecule has 1 N–H and O–H groups in total. The number of nitro benzene ring substituents is 1. The number of hydrogen-bond acceptors (Lipinski definition) is 7. The standard InChI is InChI=1S/C23H29N3O7S/c1-5-15-25(34(30,31)22-10-8-7-9-19(22)26(28)29)18(6-2)23(27)24-14-13-17-11-12-20(32-3)21(16-17)33-4/h5,7-12,16,18H,1,6,13-15H2,2-4H3,(H,24,27)/t18-/m1/s1. The summed E-state index contributed by atoms with van der Waals surface area (Å²) in [6, 6.07) is 9.38. The second kappa shape index (κ2) is 12.1. The van der Waals surface area contributed by atoms with Crippen LogP contribution in [0.1, 0.15) is 18.9 Å².